The Labute approximate surface area is 127 Å². The lowest BCUT2D eigenvalue weighted by Crippen LogP contribution is -2.45. The van der Waals surface area contributed by atoms with Crippen molar-refractivity contribution >= 4 is 34.9 Å². The summed E-state index contributed by atoms with van der Waals surface area (Å²) in [5, 5.41) is 5.90. The second-order valence-electron chi connectivity index (χ2n) is 4.75. The molecule has 1 N–H and O–H groups in total. The summed E-state index contributed by atoms with van der Waals surface area (Å²) < 4.78 is 0. The first kappa shape index (κ1) is 15.3. The van der Waals surface area contributed by atoms with E-state index in [-0.39, 0.29) is 11.8 Å². The molecule has 20 heavy (non-hydrogen) atoms. The van der Waals surface area contributed by atoms with E-state index in [1.54, 1.807) is 34.9 Å². The molecule has 0 saturated carbocycles. The Morgan fingerprint density at radius 3 is 3.10 bits per heavy atom. The number of thiazole rings is 1. The molecule has 1 aliphatic rings. The average Bonchev–Trinajstić information content (AvgIpc) is 3.05. The molecule has 0 radical (unpaired) electrons. The summed E-state index contributed by atoms with van der Waals surface area (Å²) in [5.41, 5.74) is 0.882. The molecule has 1 atom stereocenters. The number of likely N-dealkylation sites (tertiary alicyclic amines) is 1. The lowest BCUT2D eigenvalue weighted by atomic mass is 10.2. The van der Waals surface area contributed by atoms with Crippen LogP contribution in [0.15, 0.2) is 5.38 Å². The van der Waals surface area contributed by atoms with E-state index in [0.717, 1.165) is 22.9 Å². The molecular formula is C13H19N3O2S2. The van der Waals surface area contributed by atoms with Crippen molar-refractivity contribution in [1.82, 2.24) is 15.2 Å². The number of amides is 2. The van der Waals surface area contributed by atoms with E-state index in [4.69, 9.17) is 0 Å². The third-order valence-electron chi connectivity index (χ3n) is 3.27. The molecule has 5 nitrogen and oxygen atoms in total. The van der Waals surface area contributed by atoms with Crippen LogP contribution in [0.2, 0.25) is 0 Å². The van der Waals surface area contributed by atoms with Crippen molar-refractivity contribution in [1.29, 1.82) is 0 Å². The molecule has 0 bridgehead atoms. The third-order valence-corrected chi connectivity index (χ3v) is 4.91. The number of hydrogen-bond acceptors (Lipinski definition) is 5. The highest BCUT2D eigenvalue weighted by Crippen LogP contribution is 2.16. The third kappa shape index (κ3) is 3.73. The summed E-state index contributed by atoms with van der Waals surface area (Å²) in [5.74, 6) is 0.861. The Morgan fingerprint density at radius 1 is 1.65 bits per heavy atom. The van der Waals surface area contributed by atoms with Crippen LogP contribution < -0.4 is 5.32 Å². The predicted octanol–water partition coefficient (Wildman–Crippen LogP) is 1.63. The van der Waals surface area contributed by atoms with Gasteiger partial charge in [0, 0.05) is 24.1 Å². The van der Waals surface area contributed by atoms with E-state index in [2.05, 4.69) is 10.3 Å². The van der Waals surface area contributed by atoms with Gasteiger partial charge < -0.3 is 10.2 Å². The predicted molar refractivity (Wildman–Crippen MR) is 81.6 cm³/mol. The van der Waals surface area contributed by atoms with Crippen LogP contribution in [0.1, 0.15) is 30.5 Å². The molecule has 1 fully saturated rings. The number of hydrogen-bond donors (Lipinski definition) is 1. The maximum absolute atomic E-state index is 12.0. The molecule has 2 heterocycles. The first-order valence-electron chi connectivity index (χ1n) is 6.61. The molecule has 1 aromatic heterocycles. The Morgan fingerprint density at radius 2 is 2.45 bits per heavy atom. The number of aromatic nitrogens is 1. The minimum atomic E-state index is -0.394. The zero-order valence-electron chi connectivity index (χ0n) is 11.7. The van der Waals surface area contributed by atoms with Crippen LogP contribution in [0.5, 0.6) is 0 Å². The van der Waals surface area contributed by atoms with Gasteiger partial charge in [-0.1, -0.05) is 0 Å². The molecule has 7 heteroatoms. The van der Waals surface area contributed by atoms with Crippen molar-refractivity contribution in [2.75, 3.05) is 12.8 Å². The Hall–Kier alpha value is -1.08. The fourth-order valence-electron chi connectivity index (χ4n) is 2.17. The average molecular weight is 313 g/mol. The van der Waals surface area contributed by atoms with Crippen molar-refractivity contribution in [3.8, 4) is 0 Å². The van der Waals surface area contributed by atoms with Crippen molar-refractivity contribution in [2.45, 2.75) is 38.1 Å². The maximum Gasteiger partial charge on any atom is 0.242 e. The Bertz CT molecular complexity index is 490. The number of rotatable bonds is 6. The second-order valence-corrected chi connectivity index (χ2v) is 6.56. The van der Waals surface area contributed by atoms with Crippen LogP contribution in [-0.4, -0.2) is 40.5 Å². The quantitative estimate of drug-likeness (QED) is 0.867. The lowest BCUT2D eigenvalue weighted by molar-refractivity contribution is -0.136. The summed E-state index contributed by atoms with van der Waals surface area (Å²) >= 11 is 3.34. The van der Waals surface area contributed by atoms with Gasteiger partial charge in [-0.15, -0.1) is 11.3 Å². The zero-order valence-corrected chi connectivity index (χ0v) is 13.4. The Kier molecular flexibility index (Phi) is 5.42. The van der Waals surface area contributed by atoms with Crippen molar-refractivity contribution in [3.63, 3.8) is 0 Å². The van der Waals surface area contributed by atoms with Crippen molar-refractivity contribution in [3.05, 3.63) is 16.1 Å². The van der Waals surface area contributed by atoms with Crippen LogP contribution >= 0.6 is 23.1 Å². The van der Waals surface area contributed by atoms with Gasteiger partial charge >= 0.3 is 0 Å². The van der Waals surface area contributed by atoms with E-state index in [9.17, 15) is 9.59 Å². The SMILES string of the molecule is CSCc1nc(CNC(=O)C(C)N2CCCC2=O)cs1. The number of nitrogens with zero attached hydrogens (tertiary/aromatic N) is 2. The van der Waals surface area contributed by atoms with Crippen LogP contribution in [0, 0.1) is 0 Å². The van der Waals surface area contributed by atoms with Gasteiger partial charge in [-0.3, -0.25) is 9.59 Å². The zero-order chi connectivity index (χ0) is 14.5. The van der Waals surface area contributed by atoms with Crippen LogP contribution in [0.3, 0.4) is 0 Å². The molecule has 0 spiro atoms. The van der Waals surface area contributed by atoms with Gasteiger partial charge in [0.1, 0.15) is 11.0 Å². The maximum atomic E-state index is 12.0. The van der Waals surface area contributed by atoms with Gasteiger partial charge in [0.05, 0.1) is 12.2 Å². The lowest BCUT2D eigenvalue weighted by Gasteiger charge is -2.23. The number of carbonyl (C=O) groups is 2. The highest BCUT2D eigenvalue weighted by molar-refractivity contribution is 7.97. The van der Waals surface area contributed by atoms with Crippen LogP contribution in [0.4, 0.5) is 0 Å². The van der Waals surface area contributed by atoms with Gasteiger partial charge in [0.15, 0.2) is 0 Å². The molecule has 1 aliphatic heterocycles. The second kappa shape index (κ2) is 7.08. The summed E-state index contributed by atoms with van der Waals surface area (Å²) in [7, 11) is 0. The Balaban J connectivity index is 1.83. The highest BCUT2D eigenvalue weighted by atomic mass is 32.2. The highest BCUT2D eigenvalue weighted by Gasteiger charge is 2.29. The molecular weight excluding hydrogens is 294 g/mol. The number of thioether (sulfide) groups is 1. The van der Waals surface area contributed by atoms with E-state index in [1.807, 2.05) is 11.6 Å². The fraction of sp³-hybridized carbons (Fsp3) is 0.615. The van der Waals surface area contributed by atoms with Crippen LogP contribution in [0.25, 0.3) is 0 Å². The molecule has 1 unspecified atom stereocenters. The summed E-state index contributed by atoms with van der Waals surface area (Å²) in [6.45, 7) is 2.89. The minimum Gasteiger partial charge on any atom is -0.349 e. The van der Waals surface area contributed by atoms with Crippen molar-refractivity contribution < 1.29 is 9.59 Å². The van der Waals surface area contributed by atoms with E-state index in [0.29, 0.717) is 19.5 Å². The largest absolute Gasteiger partial charge is 0.349 e. The summed E-state index contributed by atoms with van der Waals surface area (Å²) in [6.07, 6.45) is 3.44. The van der Waals surface area contributed by atoms with Gasteiger partial charge in [-0.2, -0.15) is 11.8 Å². The number of carbonyl (C=O) groups excluding carboxylic acids is 2. The van der Waals surface area contributed by atoms with Gasteiger partial charge in [-0.05, 0) is 19.6 Å². The van der Waals surface area contributed by atoms with E-state index >= 15 is 0 Å². The molecule has 2 amide bonds. The van der Waals surface area contributed by atoms with Crippen LogP contribution in [-0.2, 0) is 21.9 Å². The first-order valence-corrected chi connectivity index (χ1v) is 8.88. The van der Waals surface area contributed by atoms with Gasteiger partial charge in [0.25, 0.3) is 0 Å². The molecule has 0 aliphatic carbocycles. The van der Waals surface area contributed by atoms with E-state index < -0.39 is 6.04 Å². The van der Waals surface area contributed by atoms with Gasteiger partial charge in [0.2, 0.25) is 11.8 Å². The molecule has 0 aromatic carbocycles. The summed E-state index contributed by atoms with van der Waals surface area (Å²) in [4.78, 5) is 29.7. The molecule has 1 aromatic rings. The number of nitrogens with one attached hydrogen (secondary N) is 1. The smallest absolute Gasteiger partial charge is 0.242 e. The van der Waals surface area contributed by atoms with Gasteiger partial charge in [-0.25, -0.2) is 4.98 Å². The standard InChI is InChI=1S/C13H19N3O2S2/c1-9(16-5-3-4-12(16)17)13(18)14-6-10-7-20-11(15-10)8-19-2/h7,9H,3-6,8H2,1-2H3,(H,14,18). The fourth-order valence-corrected chi connectivity index (χ4v) is 3.68. The first-order chi connectivity index (χ1) is 9.61. The monoisotopic (exact) mass is 313 g/mol. The van der Waals surface area contributed by atoms with Crippen molar-refractivity contribution in [2.24, 2.45) is 0 Å². The van der Waals surface area contributed by atoms with E-state index in [1.165, 1.54) is 0 Å². The minimum absolute atomic E-state index is 0.0727. The normalized spacial score (nSPS) is 16.5. The molecule has 110 valence electrons. The topological polar surface area (TPSA) is 62.3 Å². The molecule has 2 rings (SSSR count). The molecule has 1 saturated heterocycles. The summed E-state index contributed by atoms with van der Waals surface area (Å²) in [6, 6.07) is -0.394.